The van der Waals surface area contributed by atoms with Crippen molar-refractivity contribution in [3.8, 4) is 11.3 Å². The van der Waals surface area contributed by atoms with Crippen molar-refractivity contribution in [1.29, 1.82) is 0 Å². The molecule has 24 heavy (non-hydrogen) atoms. The van der Waals surface area contributed by atoms with E-state index in [4.69, 9.17) is 0 Å². The number of thiazole rings is 1. The molecule has 1 aromatic heterocycles. The van der Waals surface area contributed by atoms with E-state index in [9.17, 15) is 4.79 Å². The fourth-order valence-corrected chi connectivity index (χ4v) is 3.15. The summed E-state index contributed by atoms with van der Waals surface area (Å²) < 4.78 is 0. The zero-order chi connectivity index (χ0) is 16.8. The van der Waals surface area contributed by atoms with Crippen LogP contribution in [0.4, 0.5) is 0 Å². The van der Waals surface area contributed by atoms with E-state index >= 15 is 0 Å². The van der Waals surface area contributed by atoms with Crippen LogP contribution in [-0.2, 0) is 17.6 Å². The lowest BCUT2D eigenvalue weighted by Crippen LogP contribution is -2.27. The van der Waals surface area contributed by atoms with Crippen molar-refractivity contribution in [2.45, 2.75) is 19.8 Å². The molecule has 1 amide bonds. The van der Waals surface area contributed by atoms with Gasteiger partial charge in [0.1, 0.15) is 0 Å². The Morgan fingerprint density at radius 1 is 1.04 bits per heavy atom. The van der Waals surface area contributed by atoms with Crippen molar-refractivity contribution in [2.24, 2.45) is 0 Å². The second-order valence-corrected chi connectivity index (χ2v) is 6.77. The molecule has 4 heteroatoms. The summed E-state index contributed by atoms with van der Waals surface area (Å²) in [4.78, 5) is 16.4. The zero-order valence-electron chi connectivity index (χ0n) is 13.7. The summed E-state index contributed by atoms with van der Waals surface area (Å²) in [5.41, 5.74) is 4.42. The van der Waals surface area contributed by atoms with Gasteiger partial charge >= 0.3 is 0 Å². The number of carbonyl (C=O) groups excluding carboxylic acids is 1. The molecule has 2 aromatic carbocycles. The molecule has 0 saturated carbocycles. The fraction of sp³-hybridized carbons (Fsp3) is 0.200. The summed E-state index contributed by atoms with van der Waals surface area (Å²) in [6.07, 6.45) is 1.26. The molecule has 1 N–H and O–H groups in total. The van der Waals surface area contributed by atoms with Crippen molar-refractivity contribution in [3.63, 3.8) is 0 Å². The fourth-order valence-electron chi connectivity index (χ4n) is 2.53. The first-order chi connectivity index (χ1) is 11.7. The molecule has 3 nitrogen and oxygen atoms in total. The molecule has 0 aliphatic heterocycles. The van der Waals surface area contributed by atoms with Gasteiger partial charge in [-0.3, -0.25) is 4.79 Å². The number of aryl methyl sites for hydroxylation is 1. The molecule has 0 saturated heterocycles. The van der Waals surface area contributed by atoms with Crippen LogP contribution >= 0.6 is 11.3 Å². The van der Waals surface area contributed by atoms with Crippen LogP contribution in [0, 0.1) is 6.92 Å². The van der Waals surface area contributed by atoms with Gasteiger partial charge in [0.25, 0.3) is 0 Å². The lowest BCUT2D eigenvalue weighted by Gasteiger charge is -2.06. The Balaban J connectivity index is 1.47. The van der Waals surface area contributed by atoms with Gasteiger partial charge in [0.15, 0.2) is 0 Å². The second-order valence-electron chi connectivity index (χ2n) is 5.71. The van der Waals surface area contributed by atoms with Crippen LogP contribution in [0.15, 0.2) is 60.0 Å². The topological polar surface area (TPSA) is 42.0 Å². The number of benzene rings is 2. The Morgan fingerprint density at radius 3 is 2.46 bits per heavy atom. The van der Waals surface area contributed by atoms with Crippen LogP contribution in [-0.4, -0.2) is 17.4 Å². The highest BCUT2D eigenvalue weighted by atomic mass is 32.1. The molecule has 0 radical (unpaired) electrons. The second kappa shape index (κ2) is 7.88. The van der Waals surface area contributed by atoms with Crippen LogP contribution in [0.1, 0.15) is 16.1 Å². The molecule has 1 heterocycles. The number of hydrogen-bond acceptors (Lipinski definition) is 3. The van der Waals surface area contributed by atoms with Gasteiger partial charge in [-0.25, -0.2) is 4.98 Å². The van der Waals surface area contributed by atoms with E-state index in [1.54, 1.807) is 11.3 Å². The first-order valence-electron chi connectivity index (χ1n) is 8.03. The summed E-state index contributed by atoms with van der Waals surface area (Å²) in [5.74, 6) is 0.0655. The summed E-state index contributed by atoms with van der Waals surface area (Å²) in [6, 6.07) is 18.2. The average molecular weight is 336 g/mol. The van der Waals surface area contributed by atoms with Crippen molar-refractivity contribution in [3.05, 3.63) is 76.1 Å². The Labute approximate surface area is 146 Å². The predicted molar refractivity (Wildman–Crippen MR) is 99.1 cm³/mol. The van der Waals surface area contributed by atoms with Crippen molar-refractivity contribution in [2.75, 3.05) is 6.54 Å². The minimum atomic E-state index is 0.0655. The van der Waals surface area contributed by atoms with E-state index in [0.29, 0.717) is 13.0 Å². The van der Waals surface area contributed by atoms with Crippen LogP contribution < -0.4 is 5.32 Å². The summed E-state index contributed by atoms with van der Waals surface area (Å²) >= 11 is 1.66. The molecular formula is C20H20N2OS. The van der Waals surface area contributed by atoms with Gasteiger partial charge in [0, 0.05) is 17.5 Å². The van der Waals surface area contributed by atoms with Gasteiger partial charge in [-0.2, -0.15) is 0 Å². The molecule has 0 fully saturated rings. The third kappa shape index (κ3) is 4.52. The lowest BCUT2D eigenvalue weighted by molar-refractivity contribution is -0.120. The minimum Gasteiger partial charge on any atom is -0.355 e. The standard InChI is InChI=1S/C20H20N2OS/c1-15-22-19(14-24-15)18-9-7-16(8-10-18)11-12-21-20(23)13-17-5-3-2-4-6-17/h2-10,14H,11-13H2,1H3,(H,21,23). The Bertz CT molecular complexity index is 794. The molecule has 0 spiro atoms. The lowest BCUT2D eigenvalue weighted by atomic mass is 10.1. The molecule has 3 rings (SSSR count). The SMILES string of the molecule is Cc1nc(-c2ccc(CCNC(=O)Cc3ccccc3)cc2)cs1. The van der Waals surface area contributed by atoms with Gasteiger partial charge in [-0.05, 0) is 24.5 Å². The van der Waals surface area contributed by atoms with E-state index in [2.05, 4.69) is 39.9 Å². The van der Waals surface area contributed by atoms with Crippen LogP contribution in [0.5, 0.6) is 0 Å². The first-order valence-corrected chi connectivity index (χ1v) is 8.91. The maximum atomic E-state index is 11.9. The van der Waals surface area contributed by atoms with E-state index in [1.807, 2.05) is 37.3 Å². The monoisotopic (exact) mass is 336 g/mol. The highest BCUT2D eigenvalue weighted by molar-refractivity contribution is 7.09. The Morgan fingerprint density at radius 2 is 1.79 bits per heavy atom. The number of hydrogen-bond donors (Lipinski definition) is 1. The zero-order valence-corrected chi connectivity index (χ0v) is 14.5. The summed E-state index contributed by atoms with van der Waals surface area (Å²) in [7, 11) is 0. The van der Waals surface area contributed by atoms with Gasteiger partial charge in [0.2, 0.25) is 5.91 Å². The van der Waals surface area contributed by atoms with Gasteiger partial charge < -0.3 is 5.32 Å². The quantitative estimate of drug-likeness (QED) is 0.739. The number of rotatable bonds is 6. The normalized spacial score (nSPS) is 10.5. The number of aromatic nitrogens is 1. The third-order valence-electron chi connectivity index (χ3n) is 3.81. The van der Waals surface area contributed by atoms with Crippen LogP contribution in [0.25, 0.3) is 11.3 Å². The number of nitrogens with zero attached hydrogens (tertiary/aromatic N) is 1. The van der Waals surface area contributed by atoms with E-state index in [1.165, 1.54) is 5.56 Å². The first kappa shape index (κ1) is 16.4. The highest BCUT2D eigenvalue weighted by Crippen LogP contribution is 2.21. The summed E-state index contributed by atoms with van der Waals surface area (Å²) in [5, 5.41) is 6.14. The average Bonchev–Trinajstić information content (AvgIpc) is 3.03. The summed E-state index contributed by atoms with van der Waals surface area (Å²) in [6.45, 7) is 2.67. The van der Waals surface area contributed by atoms with Crippen molar-refractivity contribution in [1.82, 2.24) is 10.3 Å². The largest absolute Gasteiger partial charge is 0.355 e. The van der Waals surface area contributed by atoms with Gasteiger partial charge in [0.05, 0.1) is 17.1 Å². The Kier molecular flexibility index (Phi) is 5.39. The number of amides is 1. The smallest absolute Gasteiger partial charge is 0.224 e. The molecule has 0 aliphatic rings. The van der Waals surface area contributed by atoms with E-state index in [-0.39, 0.29) is 5.91 Å². The van der Waals surface area contributed by atoms with Crippen molar-refractivity contribution < 1.29 is 4.79 Å². The maximum Gasteiger partial charge on any atom is 0.224 e. The maximum absolute atomic E-state index is 11.9. The van der Waals surface area contributed by atoms with Crippen LogP contribution in [0.3, 0.4) is 0 Å². The molecule has 3 aromatic rings. The van der Waals surface area contributed by atoms with Crippen molar-refractivity contribution >= 4 is 17.2 Å². The molecule has 122 valence electrons. The number of nitrogens with one attached hydrogen (secondary N) is 1. The molecule has 0 aliphatic carbocycles. The van der Waals surface area contributed by atoms with Crippen LogP contribution in [0.2, 0.25) is 0 Å². The van der Waals surface area contributed by atoms with Gasteiger partial charge in [-0.1, -0.05) is 54.6 Å². The van der Waals surface area contributed by atoms with E-state index in [0.717, 1.165) is 28.2 Å². The minimum absolute atomic E-state index is 0.0655. The van der Waals surface area contributed by atoms with Gasteiger partial charge in [-0.15, -0.1) is 11.3 Å². The Hall–Kier alpha value is -2.46. The molecular weight excluding hydrogens is 316 g/mol. The predicted octanol–water partition coefficient (Wildman–Crippen LogP) is 4.02. The number of carbonyl (C=O) groups is 1. The highest BCUT2D eigenvalue weighted by Gasteiger charge is 2.04. The molecule has 0 bridgehead atoms. The third-order valence-corrected chi connectivity index (χ3v) is 4.59. The molecule has 0 unspecified atom stereocenters. The molecule has 0 atom stereocenters. The van der Waals surface area contributed by atoms with E-state index < -0.39 is 0 Å².